The molecule has 0 atom stereocenters. The Morgan fingerprint density at radius 3 is 2.85 bits per heavy atom. The number of benzene rings is 1. The summed E-state index contributed by atoms with van der Waals surface area (Å²) in [6.45, 7) is 3.66. The van der Waals surface area contributed by atoms with E-state index in [2.05, 4.69) is 25.6 Å². The van der Waals surface area contributed by atoms with E-state index in [0.29, 0.717) is 11.4 Å². The summed E-state index contributed by atoms with van der Waals surface area (Å²) < 4.78 is 6.08. The van der Waals surface area contributed by atoms with Crippen LogP contribution in [0.25, 0.3) is 5.69 Å². The molecule has 8 nitrogen and oxygen atoms in total. The number of hydrogen-bond donors (Lipinski definition) is 1. The minimum Gasteiger partial charge on any atom is -0.459 e. The first-order chi connectivity index (χ1) is 9.61. The fraction of sp³-hybridized carbons (Fsp3) is 0.250. The summed E-state index contributed by atoms with van der Waals surface area (Å²) in [4.78, 5) is 22.8. The molecule has 1 aromatic carbocycles. The molecule has 1 amide bonds. The van der Waals surface area contributed by atoms with Crippen LogP contribution in [0.15, 0.2) is 24.5 Å². The number of rotatable bonds is 3. The van der Waals surface area contributed by atoms with Gasteiger partial charge in [-0.05, 0) is 42.0 Å². The van der Waals surface area contributed by atoms with E-state index < -0.39 is 11.9 Å². The Morgan fingerprint density at radius 1 is 1.40 bits per heavy atom. The number of ether oxygens (including phenoxy) is 1. The highest BCUT2D eigenvalue weighted by atomic mass is 16.5. The molecule has 1 aromatic heterocycles. The van der Waals surface area contributed by atoms with Crippen molar-refractivity contribution in [2.75, 3.05) is 11.9 Å². The van der Waals surface area contributed by atoms with E-state index in [1.165, 1.54) is 11.0 Å². The van der Waals surface area contributed by atoms with Gasteiger partial charge in [0.25, 0.3) is 0 Å². The number of esters is 1. The van der Waals surface area contributed by atoms with E-state index in [0.717, 1.165) is 5.56 Å². The number of anilines is 1. The second-order valence-electron chi connectivity index (χ2n) is 3.93. The normalized spacial score (nSPS) is 10.1. The molecule has 0 aliphatic rings. The lowest BCUT2D eigenvalue weighted by molar-refractivity contribution is -0.152. The maximum atomic E-state index is 11.6. The van der Waals surface area contributed by atoms with Crippen LogP contribution in [0, 0.1) is 6.92 Å². The summed E-state index contributed by atoms with van der Waals surface area (Å²) in [5.41, 5.74) is 2.09. The largest absolute Gasteiger partial charge is 0.459 e. The zero-order valence-corrected chi connectivity index (χ0v) is 11.0. The third-order valence-corrected chi connectivity index (χ3v) is 2.52. The number of nitrogens with zero attached hydrogens (tertiary/aromatic N) is 4. The van der Waals surface area contributed by atoms with Crippen molar-refractivity contribution in [3.63, 3.8) is 0 Å². The quantitative estimate of drug-likeness (QED) is 0.646. The second kappa shape index (κ2) is 5.91. The average molecular weight is 275 g/mol. The van der Waals surface area contributed by atoms with Crippen LogP contribution >= 0.6 is 0 Å². The van der Waals surface area contributed by atoms with Crippen LogP contribution in [-0.4, -0.2) is 38.7 Å². The Morgan fingerprint density at radius 2 is 2.20 bits per heavy atom. The van der Waals surface area contributed by atoms with Crippen LogP contribution in [-0.2, 0) is 14.3 Å². The molecule has 2 rings (SSSR count). The van der Waals surface area contributed by atoms with Gasteiger partial charge in [-0.2, -0.15) is 0 Å². The van der Waals surface area contributed by atoms with E-state index in [1.807, 2.05) is 6.92 Å². The van der Waals surface area contributed by atoms with Crippen molar-refractivity contribution in [2.45, 2.75) is 13.8 Å². The van der Waals surface area contributed by atoms with Crippen molar-refractivity contribution in [1.82, 2.24) is 20.2 Å². The molecular formula is C12H13N5O3. The Kier molecular flexibility index (Phi) is 4.04. The molecule has 0 unspecified atom stereocenters. The van der Waals surface area contributed by atoms with Gasteiger partial charge >= 0.3 is 11.9 Å². The summed E-state index contributed by atoms with van der Waals surface area (Å²) in [6.07, 6.45) is 1.44. The van der Waals surface area contributed by atoms with Crippen LogP contribution < -0.4 is 5.32 Å². The van der Waals surface area contributed by atoms with E-state index in [-0.39, 0.29) is 6.61 Å². The molecule has 1 heterocycles. The van der Waals surface area contributed by atoms with Crippen molar-refractivity contribution in [2.24, 2.45) is 0 Å². The van der Waals surface area contributed by atoms with Gasteiger partial charge in [0.05, 0.1) is 12.3 Å². The highest BCUT2D eigenvalue weighted by Crippen LogP contribution is 2.18. The second-order valence-corrected chi connectivity index (χ2v) is 3.93. The maximum absolute atomic E-state index is 11.6. The average Bonchev–Trinajstić information content (AvgIpc) is 2.95. The summed E-state index contributed by atoms with van der Waals surface area (Å²) in [6, 6.07) is 5.14. The number of carbonyl (C=O) groups is 2. The monoisotopic (exact) mass is 275 g/mol. The highest BCUT2D eigenvalue weighted by molar-refractivity contribution is 6.37. The molecule has 0 fully saturated rings. The van der Waals surface area contributed by atoms with Gasteiger partial charge in [-0.15, -0.1) is 5.10 Å². The number of aromatic nitrogens is 4. The fourth-order valence-electron chi connectivity index (χ4n) is 1.58. The molecule has 104 valence electrons. The highest BCUT2D eigenvalue weighted by Gasteiger charge is 2.15. The van der Waals surface area contributed by atoms with Gasteiger partial charge in [-0.25, -0.2) is 9.48 Å². The summed E-state index contributed by atoms with van der Waals surface area (Å²) >= 11 is 0. The molecule has 0 saturated heterocycles. The maximum Gasteiger partial charge on any atom is 0.397 e. The zero-order valence-electron chi connectivity index (χ0n) is 11.0. The van der Waals surface area contributed by atoms with Gasteiger partial charge in [0.1, 0.15) is 6.33 Å². The summed E-state index contributed by atoms with van der Waals surface area (Å²) in [7, 11) is 0. The zero-order chi connectivity index (χ0) is 14.5. The van der Waals surface area contributed by atoms with E-state index in [9.17, 15) is 9.59 Å². The molecule has 0 aliphatic carbocycles. The molecule has 0 spiro atoms. The number of carbonyl (C=O) groups excluding carboxylic acids is 2. The number of hydrogen-bond acceptors (Lipinski definition) is 6. The lowest BCUT2D eigenvalue weighted by atomic mass is 10.2. The van der Waals surface area contributed by atoms with Gasteiger partial charge in [0.15, 0.2) is 0 Å². The minimum atomic E-state index is -0.919. The molecule has 8 heteroatoms. The van der Waals surface area contributed by atoms with Gasteiger partial charge < -0.3 is 10.1 Å². The van der Waals surface area contributed by atoms with Crippen LogP contribution in [0.5, 0.6) is 0 Å². The number of tetrazole rings is 1. The number of aryl methyl sites for hydroxylation is 1. The summed E-state index contributed by atoms with van der Waals surface area (Å²) in [5, 5.41) is 13.4. The molecular weight excluding hydrogens is 262 g/mol. The van der Waals surface area contributed by atoms with Crippen LogP contribution in [0.3, 0.4) is 0 Å². The SMILES string of the molecule is CCOC(=O)C(=O)Nc1ccc(C)c(-n2cnnn2)c1. The van der Waals surface area contributed by atoms with Crippen molar-refractivity contribution < 1.29 is 14.3 Å². The first-order valence-corrected chi connectivity index (χ1v) is 5.94. The van der Waals surface area contributed by atoms with Gasteiger partial charge in [0.2, 0.25) is 0 Å². The molecule has 1 N–H and O–H groups in total. The molecule has 0 radical (unpaired) electrons. The third kappa shape index (κ3) is 2.97. The number of amides is 1. The van der Waals surface area contributed by atoms with E-state index >= 15 is 0 Å². The van der Waals surface area contributed by atoms with E-state index in [4.69, 9.17) is 0 Å². The van der Waals surface area contributed by atoms with Gasteiger partial charge in [-0.1, -0.05) is 6.07 Å². The molecule has 0 saturated carbocycles. The molecule has 0 aliphatic heterocycles. The smallest absolute Gasteiger partial charge is 0.397 e. The lowest BCUT2D eigenvalue weighted by Crippen LogP contribution is -2.25. The first-order valence-electron chi connectivity index (χ1n) is 5.94. The van der Waals surface area contributed by atoms with Gasteiger partial charge in [-0.3, -0.25) is 4.79 Å². The van der Waals surface area contributed by atoms with Crippen LogP contribution in [0.1, 0.15) is 12.5 Å². The van der Waals surface area contributed by atoms with Crippen molar-refractivity contribution in [1.29, 1.82) is 0 Å². The van der Waals surface area contributed by atoms with Crippen LogP contribution in [0.4, 0.5) is 5.69 Å². The Balaban J connectivity index is 2.20. The predicted molar refractivity (Wildman–Crippen MR) is 69.2 cm³/mol. The Bertz CT molecular complexity index is 624. The number of nitrogens with one attached hydrogen (secondary N) is 1. The Labute approximate surface area is 114 Å². The molecule has 20 heavy (non-hydrogen) atoms. The summed E-state index contributed by atoms with van der Waals surface area (Å²) in [5.74, 6) is -1.74. The minimum absolute atomic E-state index is 0.149. The van der Waals surface area contributed by atoms with Crippen molar-refractivity contribution in [3.05, 3.63) is 30.1 Å². The molecule has 0 bridgehead atoms. The van der Waals surface area contributed by atoms with Crippen molar-refractivity contribution in [3.8, 4) is 5.69 Å². The fourth-order valence-corrected chi connectivity index (χ4v) is 1.58. The van der Waals surface area contributed by atoms with Crippen LogP contribution in [0.2, 0.25) is 0 Å². The first kappa shape index (κ1) is 13.7. The van der Waals surface area contributed by atoms with Crippen molar-refractivity contribution >= 4 is 17.6 Å². The third-order valence-electron chi connectivity index (χ3n) is 2.52. The van der Waals surface area contributed by atoms with E-state index in [1.54, 1.807) is 25.1 Å². The topological polar surface area (TPSA) is 99.0 Å². The standard InChI is InChI=1S/C12H13N5O3/c1-3-20-12(19)11(18)14-9-5-4-8(2)10(6-9)17-7-13-15-16-17/h4-7H,3H2,1-2H3,(H,14,18). The van der Waals surface area contributed by atoms with Gasteiger partial charge in [0, 0.05) is 5.69 Å². The predicted octanol–water partition coefficient (Wildman–Crippen LogP) is 0.472. The Hall–Kier alpha value is -2.77. The molecule has 2 aromatic rings. The lowest BCUT2D eigenvalue weighted by Gasteiger charge is -2.09.